The molecule has 0 aliphatic rings. The minimum atomic E-state index is -2.17. The number of hydrogen-bond donors (Lipinski definition) is 0. The second kappa shape index (κ2) is 21.7. The standard InChI is InChI=1S/C28H27OP2.2C6F5.Au/c1-2-29-23-28(30(24-15-7-3-8-16-24)25-17-9-4-10-18-25)31(26-19-11-5-12-20-26)27-21-13-6-14-22-27;2*7-2-1-3(8)5(10)6(11)4(2)9;/h3-22H,2,23H2,1H3;;;/q+1;2*-1;. The SMILES string of the molecule is CCOCC(P(c1ccccc1)c1ccccc1)=[P+](c1ccccc1)c1ccccc1.Fc1[c-]c(F)c(F)c(F)c1F.Fc1[c-]c(F)c(F)c(F)c1F.[Au]. The van der Waals surface area contributed by atoms with Crippen molar-refractivity contribution in [2.24, 2.45) is 0 Å². The van der Waals surface area contributed by atoms with E-state index in [0.29, 0.717) is 13.2 Å². The van der Waals surface area contributed by atoms with E-state index in [1.165, 1.54) is 26.3 Å². The second-order valence-corrected chi connectivity index (χ2v) is 15.3. The molecule has 0 N–H and O–H groups in total. The molecule has 54 heavy (non-hydrogen) atoms. The Bertz CT molecular complexity index is 1930. The van der Waals surface area contributed by atoms with E-state index in [1.54, 1.807) is 0 Å². The number of benzene rings is 6. The molecule has 285 valence electrons. The second-order valence-electron chi connectivity index (χ2n) is 10.5. The van der Waals surface area contributed by atoms with Crippen LogP contribution in [0.2, 0.25) is 0 Å². The van der Waals surface area contributed by atoms with E-state index >= 15 is 0 Å². The van der Waals surface area contributed by atoms with Crippen LogP contribution in [0.4, 0.5) is 43.9 Å². The van der Waals surface area contributed by atoms with Gasteiger partial charge in [0.1, 0.15) is 6.61 Å². The van der Waals surface area contributed by atoms with Crippen LogP contribution < -0.4 is 21.2 Å². The zero-order valence-electron chi connectivity index (χ0n) is 27.8. The molecule has 0 saturated heterocycles. The van der Waals surface area contributed by atoms with Crippen molar-refractivity contribution in [3.8, 4) is 0 Å². The molecule has 0 atom stereocenters. The van der Waals surface area contributed by atoms with Gasteiger partial charge in [-0.05, 0) is 41.8 Å². The minimum absolute atomic E-state index is 0. The van der Waals surface area contributed by atoms with Crippen molar-refractivity contribution in [3.05, 3.63) is 192 Å². The number of hydrogen-bond acceptors (Lipinski definition) is 1. The Kier molecular flexibility index (Phi) is 17.8. The minimum Gasteiger partial charge on any atom is -0.373 e. The van der Waals surface area contributed by atoms with Crippen LogP contribution in [0.5, 0.6) is 0 Å². The maximum atomic E-state index is 12.0. The third kappa shape index (κ3) is 11.5. The third-order valence-corrected chi connectivity index (χ3v) is 12.7. The maximum absolute atomic E-state index is 12.0. The molecule has 6 aromatic carbocycles. The van der Waals surface area contributed by atoms with Crippen LogP contribution in [0.1, 0.15) is 6.92 Å². The molecule has 0 aromatic heterocycles. The van der Waals surface area contributed by atoms with Gasteiger partial charge < -0.3 is 4.74 Å². The van der Waals surface area contributed by atoms with Crippen LogP contribution in [0.15, 0.2) is 121 Å². The number of rotatable bonds is 8. The van der Waals surface area contributed by atoms with Crippen LogP contribution in [0, 0.1) is 70.3 Å². The monoisotopic (exact) mass is 972 g/mol. The Morgan fingerprint density at radius 2 is 0.778 bits per heavy atom. The first-order valence-electron chi connectivity index (χ1n) is 15.5. The van der Waals surface area contributed by atoms with Gasteiger partial charge in [-0.25, -0.2) is 26.3 Å². The fraction of sp³-hybridized carbons (Fsp3) is 0.0750. The van der Waals surface area contributed by atoms with Crippen molar-refractivity contribution in [3.63, 3.8) is 0 Å². The molecule has 0 aliphatic carbocycles. The van der Waals surface area contributed by atoms with Gasteiger partial charge in [0.25, 0.3) is 0 Å². The number of halogens is 10. The molecular formula is C40H27AuF10OP2-. The van der Waals surface area contributed by atoms with Gasteiger partial charge in [0.15, 0.2) is 23.2 Å². The van der Waals surface area contributed by atoms with E-state index in [2.05, 4.69) is 128 Å². The summed E-state index contributed by atoms with van der Waals surface area (Å²) in [5.74, 6) is -20.1. The smallest absolute Gasteiger partial charge is 0.176 e. The molecule has 0 unspecified atom stereocenters. The van der Waals surface area contributed by atoms with Crippen LogP contribution in [0.3, 0.4) is 0 Å². The van der Waals surface area contributed by atoms with Gasteiger partial charge in [-0.15, -0.1) is 12.1 Å². The third-order valence-electron chi connectivity index (χ3n) is 6.99. The Morgan fingerprint density at radius 3 is 1.07 bits per heavy atom. The van der Waals surface area contributed by atoms with Gasteiger partial charge in [-0.1, -0.05) is 97.1 Å². The average molecular weight is 973 g/mol. The summed E-state index contributed by atoms with van der Waals surface area (Å²) < 4.78 is 126. The van der Waals surface area contributed by atoms with Crippen molar-refractivity contribution in [2.75, 3.05) is 13.2 Å². The molecule has 0 bridgehead atoms. The fourth-order valence-electron chi connectivity index (χ4n) is 4.62. The first kappa shape index (κ1) is 44.3. The van der Waals surface area contributed by atoms with Crippen molar-refractivity contribution in [1.82, 2.24) is 0 Å². The topological polar surface area (TPSA) is 9.23 Å². The van der Waals surface area contributed by atoms with Crippen molar-refractivity contribution in [2.45, 2.75) is 6.92 Å². The summed E-state index contributed by atoms with van der Waals surface area (Å²) in [6, 6.07) is 45.8. The zero-order valence-corrected chi connectivity index (χ0v) is 31.8. The van der Waals surface area contributed by atoms with E-state index in [0.717, 1.165) is 12.1 Å². The zero-order chi connectivity index (χ0) is 38.5. The van der Waals surface area contributed by atoms with Gasteiger partial charge in [0.2, 0.25) is 0 Å². The van der Waals surface area contributed by atoms with Crippen LogP contribution >= 0.6 is 15.5 Å². The van der Waals surface area contributed by atoms with Gasteiger partial charge in [-0.2, -0.15) is 0 Å². The van der Waals surface area contributed by atoms with E-state index in [1.807, 2.05) is 0 Å². The molecule has 14 heteroatoms. The average Bonchev–Trinajstić information content (AvgIpc) is 3.19. The fourth-order valence-corrected chi connectivity index (χ4v) is 10.9. The molecule has 0 amide bonds. The Morgan fingerprint density at radius 1 is 0.481 bits per heavy atom. The molecule has 1 nitrogen and oxygen atoms in total. The Balaban J connectivity index is 0.000000279. The molecule has 0 aliphatic heterocycles. The largest absolute Gasteiger partial charge is 0.373 e. The molecular weight excluding hydrogens is 945 g/mol. The van der Waals surface area contributed by atoms with E-state index < -0.39 is 73.6 Å². The quantitative estimate of drug-likeness (QED) is 0.0369. The molecule has 6 rings (SSSR count). The summed E-state index contributed by atoms with van der Waals surface area (Å²) in [6.07, 6.45) is 0. The van der Waals surface area contributed by atoms with Crippen molar-refractivity contribution >= 4 is 41.7 Å². The van der Waals surface area contributed by atoms with Crippen LogP contribution in [-0.4, -0.2) is 18.2 Å². The Hall–Kier alpha value is -4.08. The summed E-state index contributed by atoms with van der Waals surface area (Å²) in [6.45, 7) is 3.46. The van der Waals surface area contributed by atoms with Crippen LogP contribution in [0.25, 0.3) is 0 Å². The summed E-state index contributed by atoms with van der Waals surface area (Å²) in [4.78, 5) is 0. The summed E-state index contributed by atoms with van der Waals surface area (Å²) in [5.41, 5.74) is 0. The first-order valence-corrected chi connectivity index (χ1v) is 18.2. The predicted molar refractivity (Wildman–Crippen MR) is 190 cm³/mol. The molecule has 6 aromatic rings. The Labute approximate surface area is 323 Å². The predicted octanol–water partition coefficient (Wildman–Crippen LogP) is 9.78. The van der Waals surface area contributed by atoms with Crippen molar-refractivity contribution in [1.29, 1.82) is 0 Å². The van der Waals surface area contributed by atoms with Crippen LogP contribution in [-0.2, 0) is 27.1 Å². The van der Waals surface area contributed by atoms with E-state index in [-0.39, 0.29) is 22.4 Å². The molecule has 1 radical (unpaired) electrons. The van der Waals surface area contributed by atoms with Crippen molar-refractivity contribution < 1.29 is 71.0 Å². The van der Waals surface area contributed by atoms with Gasteiger partial charge in [0.05, 0.1) is 58.2 Å². The number of ether oxygens (including phenoxy) is 1. The van der Waals surface area contributed by atoms with E-state index in [4.69, 9.17) is 4.74 Å². The molecule has 0 saturated carbocycles. The molecule has 0 fully saturated rings. The summed E-state index contributed by atoms with van der Waals surface area (Å²) in [5, 5.41) is 6.98. The summed E-state index contributed by atoms with van der Waals surface area (Å²) >= 11 is 0. The molecule has 0 spiro atoms. The van der Waals surface area contributed by atoms with E-state index in [9.17, 15) is 43.9 Å². The van der Waals surface area contributed by atoms with Gasteiger partial charge >= 0.3 is 0 Å². The van der Waals surface area contributed by atoms with Gasteiger partial charge in [0, 0.05) is 36.9 Å². The normalized spacial score (nSPS) is 10.4. The summed E-state index contributed by atoms with van der Waals surface area (Å²) in [7, 11) is -1.38. The molecule has 0 heterocycles. The van der Waals surface area contributed by atoms with Gasteiger partial charge in [-0.3, -0.25) is 17.6 Å². The maximum Gasteiger partial charge on any atom is 0.176 e. The first-order chi connectivity index (χ1) is 25.5.